The summed E-state index contributed by atoms with van der Waals surface area (Å²) in [5.74, 6) is 1.24. The maximum atomic E-state index is 13.4. The van der Waals surface area contributed by atoms with E-state index in [1.807, 2.05) is 12.1 Å². The number of amides is 1. The summed E-state index contributed by atoms with van der Waals surface area (Å²) in [5, 5.41) is 3.93. The number of methoxy groups -OCH3 is 2. The number of likely N-dealkylation sites (tertiary alicyclic amines) is 1. The number of hydrogen-bond donors (Lipinski definition) is 0. The van der Waals surface area contributed by atoms with Gasteiger partial charge in [-0.3, -0.25) is 4.79 Å². The van der Waals surface area contributed by atoms with Gasteiger partial charge in [0.25, 0.3) is 0 Å². The number of halogens is 2. The minimum atomic E-state index is -0.518. The Morgan fingerprint density at radius 3 is 2.80 bits per heavy atom. The van der Waals surface area contributed by atoms with E-state index in [9.17, 15) is 9.18 Å². The number of carbonyl (C=O) groups is 1. The zero-order chi connectivity index (χ0) is 21.3. The predicted molar refractivity (Wildman–Crippen MR) is 107 cm³/mol. The molecule has 1 aromatic heterocycles. The molecule has 2 aromatic carbocycles. The van der Waals surface area contributed by atoms with Gasteiger partial charge in [-0.15, -0.1) is 0 Å². The van der Waals surface area contributed by atoms with Crippen LogP contribution in [0.4, 0.5) is 4.39 Å². The Bertz CT molecular complexity index is 1090. The second-order valence-corrected chi connectivity index (χ2v) is 7.35. The molecule has 156 valence electrons. The molecule has 7 nitrogen and oxygen atoms in total. The van der Waals surface area contributed by atoms with Gasteiger partial charge in [0.1, 0.15) is 17.3 Å². The van der Waals surface area contributed by atoms with E-state index in [1.54, 1.807) is 25.2 Å². The van der Waals surface area contributed by atoms with E-state index >= 15 is 0 Å². The summed E-state index contributed by atoms with van der Waals surface area (Å²) in [6.45, 7) is 0.844. The quantitative estimate of drug-likeness (QED) is 0.585. The monoisotopic (exact) mass is 431 g/mol. The molecule has 1 unspecified atom stereocenters. The van der Waals surface area contributed by atoms with Crippen molar-refractivity contribution in [1.29, 1.82) is 0 Å². The van der Waals surface area contributed by atoms with Crippen molar-refractivity contribution in [3.05, 3.63) is 58.7 Å². The smallest absolute Gasteiger partial charge is 0.232 e. The Morgan fingerprint density at radius 1 is 1.23 bits per heavy atom. The van der Waals surface area contributed by atoms with Gasteiger partial charge >= 0.3 is 0 Å². The largest absolute Gasteiger partial charge is 0.497 e. The minimum Gasteiger partial charge on any atom is -0.497 e. The highest BCUT2D eigenvalue weighted by Gasteiger charge is 2.34. The summed E-state index contributed by atoms with van der Waals surface area (Å²) in [6.07, 6.45) is 0.268. The maximum Gasteiger partial charge on any atom is 0.232 e. The lowest BCUT2D eigenvalue weighted by Crippen LogP contribution is -2.24. The second-order valence-electron chi connectivity index (χ2n) is 6.94. The molecule has 1 saturated heterocycles. The van der Waals surface area contributed by atoms with Crippen molar-refractivity contribution in [3.63, 3.8) is 0 Å². The Hall–Kier alpha value is -3.13. The molecule has 4 rings (SSSR count). The highest BCUT2D eigenvalue weighted by Crippen LogP contribution is 2.32. The van der Waals surface area contributed by atoms with Crippen molar-refractivity contribution >= 4 is 17.5 Å². The normalized spacial score (nSPS) is 16.2. The van der Waals surface area contributed by atoms with Gasteiger partial charge in [-0.2, -0.15) is 4.98 Å². The molecular formula is C21H19ClFN3O4. The number of hydrogen-bond acceptors (Lipinski definition) is 6. The fourth-order valence-corrected chi connectivity index (χ4v) is 3.61. The van der Waals surface area contributed by atoms with Crippen molar-refractivity contribution in [2.24, 2.45) is 0 Å². The number of nitrogens with zero attached hydrogens (tertiary/aromatic N) is 3. The molecule has 0 bridgehead atoms. The van der Waals surface area contributed by atoms with Crippen molar-refractivity contribution in [3.8, 4) is 22.9 Å². The van der Waals surface area contributed by atoms with Crippen LogP contribution in [-0.2, 0) is 11.3 Å². The van der Waals surface area contributed by atoms with Crippen LogP contribution in [0.3, 0.4) is 0 Å². The van der Waals surface area contributed by atoms with Crippen LogP contribution in [0.15, 0.2) is 40.9 Å². The molecule has 1 fully saturated rings. The standard InChI is InChI=1S/C21H19ClFN3O4/c1-28-15-5-3-13(18(9-15)29-2)10-26-11-14(8-19(26)27)21-24-20(25-30-21)12-4-6-17(23)16(22)7-12/h3-7,9,14H,8,10-11H2,1-2H3. The van der Waals surface area contributed by atoms with Gasteiger partial charge in [-0.05, 0) is 30.3 Å². The first kappa shape index (κ1) is 20.2. The number of carbonyl (C=O) groups excluding carboxylic acids is 1. The fraction of sp³-hybridized carbons (Fsp3) is 0.286. The van der Waals surface area contributed by atoms with E-state index < -0.39 is 5.82 Å². The van der Waals surface area contributed by atoms with E-state index in [0.717, 1.165) is 5.56 Å². The highest BCUT2D eigenvalue weighted by molar-refractivity contribution is 6.31. The first-order chi connectivity index (χ1) is 14.5. The van der Waals surface area contributed by atoms with Gasteiger partial charge in [0.05, 0.1) is 25.2 Å². The van der Waals surface area contributed by atoms with Gasteiger partial charge in [0, 0.05) is 36.7 Å². The van der Waals surface area contributed by atoms with E-state index in [4.69, 9.17) is 25.6 Å². The van der Waals surface area contributed by atoms with E-state index in [0.29, 0.717) is 41.9 Å². The molecule has 1 aliphatic rings. The van der Waals surface area contributed by atoms with Crippen LogP contribution in [0, 0.1) is 5.82 Å². The highest BCUT2D eigenvalue weighted by atomic mass is 35.5. The van der Waals surface area contributed by atoms with Crippen LogP contribution in [0.2, 0.25) is 5.02 Å². The lowest BCUT2D eigenvalue weighted by atomic mass is 10.1. The summed E-state index contributed by atoms with van der Waals surface area (Å²) in [5.41, 5.74) is 1.42. The van der Waals surface area contributed by atoms with Crippen LogP contribution in [0.1, 0.15) is 23.8 Å². The number of ether oxygens (including phenoxy) is 2. The third-order valence-corrected chi connectivity index (χ3v) is 5.33. The van der Waals surface area contributed by atoms with Crippen LogP contribution in [0.25, 0.3) is 11.4 Å². The zero-order valence-electron chi connectivity index (χ0n) is 16.4. The molecule has 0 saturated carbocycles. The molecule has 1 aliphatic heterocycles. The Balaban J connectivity index is 1.49. The number of rotatable bonds is 6. The topological polar surface area (TPSA) is 77.7 Å². The average molecular weight is 432 g/mol. The lowest BCUT2D eigenvalue weighted by molar-refractivity contribution is -0.128. The van der Waals surface area contributed by atoms with Gasteiger partial charge in [-0.25, -0.2) is 4.39 Å². The van der Waals surface area contributed by atoms with Crippen LogP contribution in [-0.4, -0.2) is 41.7 Å². The van der Waals surface area contributed by atoms with E-state index in [1.165, 1.54) is 18.2 Å². The summed E-state index contributed by atoms with van der Waals surface area (Å²) in [6, 6.07) is 9.70. The SMILES string of the molecule is COc1ccc(CN2CC(c3nc(-c4ccc(F)c(Cl)c4)no3)CC2=O)c(OC)c1. The predicted octanol–water partition coefficient (Wildman–Crippen LogP) is 4.06. The van der Waals surface area contributed by atoms with Crippen molar-refractivity contribution < 1.29 is 23.2 Å². The van der Waals surface area contributed by atoms with Gasteiger partial charge < -0.3 is 18.9 Å². The van der Waals surface area contributed by atoms with E-state index in [-0.39, 0.29) is 23.3 Å². The van der Waals surface area contributed by atoms with Gasteiger partial charge in [-0.1, -0.05) is 16.8 Å². The second kappa shape index (κ2) is 8.31. The number of benzene rings is 2. The van der Waals surface area contributed by atoms with Crippen molar-refractivity contribution in [2.45, 2.75) is 18.9 Å². The Labute approximate surface area is 177 Å². The molecule has 0 spiro atoms. The van der Waals surface area contributed by atoms with Crippen molar-refractivity contribution in [1.82, 2.24) is 15.0 Å². The fourth-order valence-electron chi connectivity index (χ4n) is 3.43. The number of aromatic nitrogens is 2. The molecule has 3 aromatic rings. The van der Waals surface area contributed by atoms with Crippen LogP contribution >= 0.6 is 11.6 Å². The first-order valence-corrected chi connectivity index (χ1v) is 9.64. The molecule has 0 aliphatic carbocycles. The van der Waals surface area contributed by atoms with Crippen molar-refractivity contribution in [2.75, 3.05) is 20.8 Å². The molecule has 0 N–H and O–H groups in total. The summed E-state index contributed by atoms with van der Waals surface area (Å²) in [7, 11) is 3.16. The Morgan fingerprint density at radius 2 is 2.07 bits per heavy atom. The minimum absolute atomic E-state index is 0.0116. The van der Waals surface area contributed by atoms with Crippen LogP contribution in [0.5, 0.6) is 11.5 Å². The Kier molecular flexibility index (Phi) is 5.59. The zero-order valence-corrected chi connectivity index (χ0v) is 17.1. The first-order valence-electron chi connectivity index (χ1n) is 9.26. The maximum absolute atomic E-state index is 13.4. The molecule has 30 heavy (non-hydrogen) atoms. The molecular weight excluding hydrogens is 413 g/mol. The third kappa shape index (κ3) is 3.95. The molecule has 0 radical (unpaired) electrons. The molecule has 2 heterocycles. The molecule has 1 atom stereocenters. The van der Waals surface area contributed by atoms with Gasteiger partial charge in [0.2, 0.25) is 17.6 Å². The summed E-state index contributed by atoms with van der Waals surface area (Å²) >= 11 is 5.83. The lowest BCUT2D eigenvalue weighted by Gasteiger charge is -2.18. The van der Waals surface area contributed by atoms with Crippen LogP contribution < -0.4 is 9.47 Å². The molecule has 1 amide bonds. The summed E-state index contributed by atoms with van der Waals surface area (Å²) in [4.78, 5) is 18.7. The van der Waals surface area contributed by atoms with Gasteiger partial charge in [0.15, 0.2) is 0 Å². The average Bonchev–Trinajstić information content (AvgIpc) is 3.37. The third-order valence-electron chi connectivity index (χ3n) is 5.04. The van der Waals surface area contributed by atoms with E-state index in [2.05, 4.69) is 10.1 Å². The molecule has 9 heteroatoms. The summed E-state index contributed by atoms with van der Waals surface area (Å²) < 4.78 is 29.4.